The quantitative estimate of drug-likeness (QED) is 0.133. The Balaban J connectivity index is 1.35. The molecule has 2 aliphatic heterocycles. The Morgan fingerprint density at radius 1 is 0.667 bits per heavy atom. The fourth-order valence-corrected chi connectivity index (χ4v) is 8.97. The number of hydrogen-bond donors (Lipinski definition) is 1. The van der Waals surface area contributed by atoms with Gasteiger partial charge in [0.05, 0.1) is 60.7 Å². The van der Waals surface area contributed by atoms with E-state index in [1.807, 2.05) is 0 Å². The maximum Gasteiger partial charge on any atom is 0.301 e. The van der Waals surface area contributed by atoms with E-state index >= 15 is 0 Å². The second-order valence-electron chi connectivity index (χ2n) is 14.5. The number of nitro groups is 4. The molecule has 3 heterocycles. The number of aliphatic hydroxyl groups excluding tert-OH is 1. The Morgan fingerprint density at radius 3 is 1.51 bits per heavy atom. The molecule has 0 radical (unpaired) electrons. The van der Waals surface area contributed by atoms with Gasteiger partial charge in [0.1, 0.15) is 18.1 Å². The number of allylic oxidation sites excluding steroid dienone is 2. The first-order valence-electron chi connectivity index (χ1n) is 17.3. The highest BCUT2D eigenvalue weighted by molar-refractivity contribution is 6.24. The number of amides is 4. The topological polar surface area (TPSA) is 287 Å². The van der Waals surface area contributed by atoms with Crippen molar-refractivity contribution in [3.8, 4) is 0 Å². The van der Waals surface area contributed by atoms with Crippen LogP contribution in [0, 0.1) is 70.0 Å². The Labute approximate surface area is 320 Å². The molecule has 6 atom stereocenters. The molecular weight excluding hydrogens is 756 g/mol. The minimum absolute atomic E-state index is 0.0742. The normalized spacial score (nSPS) is 23.8. The summed E-state index contributed by atoms with van der Waals surface area (Å²) < 4.78 is 5.90. The summed E-state index contributed by atoms with van der Waals surface area (Å²) in [6.45, 7) is -0.536. The van der Waals surface area contributed by atoms with E-state index < -0.39 is 120 Å². The van der Waals surface area contributed by atoms with Crippen LogP contribution in [0.15, 0.2) is 52.5 Å². The van der Waals surface area contributed by atoms with Crippen LogP contribution in [0.2, 0.25) is 0 Å². The highest BCUT2D eigenvalue weighted by atomic mass is 16.6. The van der Waals surface area contributed by atoms with Crippen LogP contribution < -0.4 is 19.6 Å². The van der Waals surface area contributed by atoms with Crippen LogP contribution in [0.3, 0.4) is 0 Å². The van der Waals surface area contributed by atoms with Gasteiger partial charge < -0.3 is 19.3 Å². The predicted molar refractivity (Wildman–Crippen MR) is 195 cm³/mol. The van der Waals surface area contributed by atoms with Crippen molar-refractivity contribution in [1.82, 2.24) is 0 Å². The minimum Gasteiger partial charge on any atom is -0.463 e. The smallest absolute Gasteiger partial charge is 0.301 e. The van der Waals surface area contributed by atoms with Gasteiger partial charge in [0.2, 0.25) is 23.6 Å². The Kier molecular flexibility index (Phi) is 9.10. The Hall–Kier alpha value is -7.10. The lowest BCUT2D eigenvalue weighted by molar-refractivity contribution is -0.392. The zero-order chi connectivity index (χ0) is 41.5. The highest BCUT2D eigenvalue weighted by Crippen LogP contribution is 2.59. The zero-order valence-corrected chi connectivity index (χ0v) is 30.5. The van der Waals surface area contributed by atoms with E-state index in [1.165, 1.54) is 40.3 Å². The third kappa shape index (κ3) is 5.74. The molecule has 3 aromatic rings. The van der Waals surface area contributed by atoms with E-state index in [1.54, 1.807) is 6.08 Å². The molecule has 2 saturated heterocycles. The van der Waals surface area contributed by atoms with Crippen molar-refractivity contribution in [2.75, 3.05) is 47.8 Å². The molecule has 0 unspecified atom stereocenters. The van der Waals surface area contributed by atoms with Gasteiger partial charge in [-0.2, -0.15) is 0 Å². The molecule has 4 amide bonds. The van der Waals surface area contributed by atoms with Gasteiger partial charge in [0.15, 0.2) is 11.4 Å². The van der Waals surface area contributed by atoms with Crippen molar-refractivity contribution in [1.29, 1.82) is 0 Å². The van der Waals surface area contributed by atoms with Crippen molar-refractivity contribution in [3.63, 3.8) is 0 Å². The lowest BCUT2D eigenvalue weighted by Gasteiger charge is -2.43. The third-order valence-corrected chi connectivity index (χ3v) is 11.1. The molecule has 7 rings (SSSR count). The summed E-state index contributed by atoms with van der Waals surface area (Å²) in [6, 6.07) is 6.50. The van der Waals surface area contributed by atoms with Crippen LogP contribution in [0.1, 0.15) is 30.3 Å². The van der Waals surface area contributed by atoms with Gasteiger partial charge in [0, 0.05) is 52.5 Å². The minimum atomic E-state index is -1.26. The maximum atomic E-state index is 14.5. The van der Waals surface area contributed by atoms with E-state index in [0.29, 0.717) is 15.4 Å². The summed E-state index contributed by atoms with van der Waals surface area (Å²) in [5.41, 5.74) is -4.10. The standard InChI is InChI=1S/C35H32N8O14/c1-36(2)30-22(40(49)50)9-15(10-23(30)41(51)52)38-32(45)19-7-6-18-20(27(19)34(38)47)13-21-29(28(18)26-8-5-17(14-44)57-26)35(48)39(33(21)46)16-11-24(42(53)54)31(37(3)4)25(12-16)43(55)56/h5-6,8-12,19-21,27-29,44H,7,13-14H2,1-4H3/t19-,20+,21+,27-,28+,29+/m0/s1. The number of aliphatic hydroxyl groups is 1. The van der Waals surface area contributed by atoms with Crippen molar-refractivity contribution in [2.45, 2.75) is 25.4 Å². The van der Waals surface area contributed by atoms with Crippen LogP contribution >= 0.6 is 0 Å². The van der Waals surface area contributed by atoms with Gasteiger partial charge in [-0.1, -0.05) is 11.6 Å². The number of carbonyl (C=O) groups is 4. The molecule has 22 nitrogen and oxygen atoms in total. The van der Waals surface area contributed by atoms with Gasteiger partial charge in [-0.3, -0.25) is 59.6 Å². The van der Waals surface area contributed by atoms with Crippen molar-refractivity contribution >= 4 is 69.1 Å². The molecule has 1 aromatic heterocycles. The lowest BCUT2D eigenvalue weighted by atomic mass is 9.58. The monoisotopic (exact) mass is 788 g/mol. The summed E-state index contributed by atoms with van der Waals surface area (Å²) >= 11 is 0. The fourth-order valence-electron chi connectivity index (χ4n) is 8.97. The molecule has 2 aliphatic carbocycles. The van der Waals surface area contributed by atoms with Crippen LogP contribution in [-0.2, 0) is 25.8 Å². The molecule has 0 spiro atoms. The predicted octanol–water partition coefficient (Wildman–Crippen LogP) is 3.58. The van der Waals surface area contributed by atoms with Crippen LogP contribution in [0.5, 0.6) is 0 Å². The average molecular weight is 789 g/mol. The van der Waals surface area contributed by atoms with Crippen molar-refractivity contribution in [3.05, 3.63) is 100 Å². The Morgan fingerprint density at radius 2 is 1.11 bits per heavy atom. The maximum absolute atomic E-state index is 14.5. The van der Waals surface area contributed by atoms with Gasteiger partial charge >= 0.3 is 22.7 Å². The number of anilines is 4. The van der Waals surface area contributed by atoms with Gasteiger partial charge in [0.25, 0.3) is 0 Å². The number of furan rings is 1. The highest BCUT2D eigenvalue weighted by Gasteiger charge is 2.63. The summed E-state index contributed by atoms with van der Waals surface area (Å²) in [4.78, 5) is 106. The molecule has 57 heavy (non-hydrogen) atoms. The summed E-state index contributed by atoms with van der Waals surface area (Å²) in [7, 11) is 5.42. The number of imide groups is 2. The molecule has 2 aromatic carbocycles. The number of benzene rings is 2. The summed E-state index contributed by atoms with van der Waals surface area (Å²) in [5, 5.41) is 58.3. The largest absolute Gasteiger partial charge is 0.463 e. The third-order valence-electron chi connectivity index (χ3n) is 11.1. The second-order valence-corrected chi connectivity index (χ2v) is 14.5. The van der Waals surface area contributed by atoms with Gasteiger partial charge in [-0.05, 0) is 30.9 Å². The van der Waals surface area contributed by atoms with Crippen LogP contribution in [0.4, 0.5) is 45.5 Å². The van der Waals surface area contributed by atoms with Crippen molar-refractivity contribution < 1.29 is 48.4 Å². The first-order valence-corrected chi connectivity index (χ1v) is 17.3. The number of nitro benzene ring substituents is 4. The van der Waals surface area contributed by atoms with E-state index in [4.69, 9.17) is 4.42 Å². The van der Waals surface area contributed by atoms with Crippen molar-refractivity contribution in [2.24, 2.45) is 29.6 Å². The number of rotatable bonds is 10. The molecular formula is C35H32N8O14. The van der Waals surface area contributed by atoms with E-state index in [2.05, 4.69) is 0 Å². The molecule has 4 aliphatic rings. The van der Waals surface area contributed by atoms with E-state index in [-0.39, 0.29) is 35.7 Å². The van der Waals surface area contributed by atoms with Crippen LogP contribution in [0.25, 0.3) is 0 Å². The SMILES string of the molecule is CN(C)c1c([N+](=O)[O-])cc(N2C(=O)[C@H]3[C@H](CC=C4[C@H]3C[C@H]3C(=O)N(c5cc([N+](=O)[O-])c(N(C)C)c([N+](=O)[O-])c5)C(=O)[C@H]3[C@H]4c3ccc(CO)o3)C2=O)cc1[N+](=O)[O-]. The van der Waals surface area contributed by atoms with E-state index in [0.717, 1.165) is 34.1 Å². The number of fused-ring (bicyclic) bond motifs is 4. The average Bonchev–Trinajstić information content (AvgIpc) is 3.81. The number of nitrogens with zero attached hydrogens (tertiary/aromatic N) is 8. The molecule has 1 N–H and O–H groups in total. The first-order chi connectivity index (χ1) is 26.9. The molecule has 0 bridgehead atoms. The second kappa shape index (κ2) is 13.6. The van der Waals surface area contributed by atoms with Crippen LogP contribution in [-0.4, -0.2) is 76.6 Å². The first kappa shape index (κ1) is 38.2. The molecule has 3 fully saturated rings. The molecule has 1 saturated carbocycles. The Bertz CT molecular complexity index is 2320. The molecule has 296 valence electrons. The number of carbonyl (C=O) groups excluding carboxylic acids is 4. The summed E-state index contributed by atoms with van der Waals surface area (Å²) in [6.07, 6.45) is 1.36. The zero-order valence-electron chi connectivity index (χ0n) is 30.5. The van der Waals surface area contributed by atoms with E-state index in [9.17, 15) is 64.7 Å². The molecule has 22 heteroatoms. The number of hydrogen-bond acceptors (Lipinski definition) is 16. The van der Waals surface area contributed by atoms with Gasteiger partial charge in [-0.15, -0.1) is 0 Å². The fraction of sp³-hybridized carbons (Fsp3) is 0.371. The lowest BCUT2D eigenvalue weighted by Crippen LogP contribution is -2.43. The van der Waals surface area contributed by atoms with Gasteiger partial charge in [-0.25, -0.2) is 9.80 Å². The summed E-state index contributed by atoms with van der Waals surface area (Å²) in [5.74, 6) is -10.0.